The first-order chi connectivity index (χ1) is 8.67. The quantitative estimate of drug-likeness (QED) is 0.818. The lowest BCUT2D eigenvalue weighted by atomic mass is 10.1. The zero-order valence-corrected chi connectivity index (χ0v) is 11.2. The maximum absolute atomic E-state index is 11.9. The van der Waals surface area contributed by atoms with E-state index in [1.807, 2.05) is 0 Å². The molecule has 1 unspecified atom stereocenters. The van der Waals surface area contributed by atoms with Crippen LogP contribution in [0.15, 0.2) is 6.07 Å². The van der Waals surface area contributed by atoms with Gasteiger partial charge in [-0.25, -0.2) is 0 Å². The Morgan fingerprint density at radius 1 is 1.44 bits per heavy atom. The van der Waals surface area contributed by atoms with E-state index in [1.165, 1.54) is 14.2 Å². The van der Waals surface area contributed by atoms with Crippen LogP contribution in [0.4, 0.5) is 5.82 Å². The van der Waals surface area contributed by atoms with Crippen molar-refractivity contribution < 1.29 is 14.3 Å². The van der Waals surface area contributed by atoms with Crippen molar-refractivity contribution in [1.82, 2.24) is 9.97 Å². The standard InChI is InChI=1S/C11H15N3O3S/c1-16-9-4-8(12-11(13-9)17-2)14-5-7(6-18)3-10(14)15/h4,7,18H,3,5-6H2,1-2H3. The summed E-state index contributed by atoms with van der Waals surface area (Å²) in [6.07, 6.45) is 0.498. The van der Waals surface area contributed by atoms with Gasteiger partial charge in [-0.15, -0.1) is 0 Å². The monoisotopic (exact) mass is 269 g/mol. The van der Waals surface area contributed by atoms with Crippen LogP contribution in [0.25, 0.3) is 0 Å². The highest BCUT2D eigenvalue weighted by atomic mass is 32.1. The Balaban J connectivity index is 2.30. The third-order valence-corrected chi connectivity index (χ3v) is 3.32. The molecule has 0 saturated carbocycles. The average Bonchev–Trinajstić information content (AvgIpc) is 2.79. The smallest absolute Gasteiger partial charge is 0.321 e. The van der Waals surface area contributed by atoms with Gasteiger partial charge in [0.2, 0.25) is 11.8 Å². The molecular formula is C11H15N3O3S. The van der Waals surface area contributed by atoms with Crippen LogP contribution in [-0.2, 0) is 4.79 Å². The normalized spacial score (nSPS) is 19.2. The lowest BCUT2D eigenvalue weighted by Crippen LogP contribution is -2.26. The number of thiol groups is 1. The van der Waals surface area contributed by atoms with Crippen molar-refractivity contribution >= 4 is 24.4 Å². The second-order valence-electron chi connectivity index (χ2n) is 4.01. The van der Waals surface area contributed by atoms with Gasteiger partial charge in [-0.05, 0) is 11.7 Å². The second-order valence-corrected chi connectivity index (χ2v) is 4.38. The largest absolute Gasteiger partial charge is 0.481 e. The summed E-state index contributed by atoms with van der Waals surface area (Å²) in [6.45, 7) is 0.617. The summed E-state index contributed by atoms with van der Waals surface area (Å²) >= 11 is 4.23. The van der Waals surface area contributed by atoms with E-state index in [4.69, 9.17) is 9.47 Å². The molecule has 2 heterocycles. The number of hydrogen-bond acceptors (Lipinski definition) is 6. The molecule has 0 aliphatic carbocycles. The predicted molar refractivity (Wildman–Crippen MR) is 69.4 cm³/mol. The third kappa shape index (κ3) is 2.50. The van der Waals surface area contributed by atoms with Crippen molar-refractivity contribution in [2.75, 3.05) is 31.4 Å². The number of carbonyl (C=O) groups is 1. The average molecular weight is 269 g/mol. The molecule has 1 atom stereocenters. The van der Waals surface area contributed by atoms with Crippen molar-refractivity contribution in [3.05, 3.63) is 6.07 Å². The highest BCUT2D eigenvalue weighted by Gasteiger charge is 2.31. The van der Waals surface area contributed by atoms with Crippen molar-refractivity contribution in [3.63, 3.8) is 0 Å². The minimum atomic E-state index is 0.0388. The van der Waals surface area contributed by atoms with E-state index in [9.17, 15) is 4.79 Å². The van der Waals surface area contributed by atoms with E-state index >= 15 is 0 Å². The molecule has 1 aromatic rings. The van der Waals surface area contributed by atoms with Crippen molar-refractivity contribution in [2.45, 2.75) is 6.42 Å². The SMILES string of the molecule is COc1cc(N2CC(CS)CC2=O)nc(OC)n1. The van der Waals surface area contributed by atoms with Crippen LogP contribution in [-0.4, -0.2) is 42.4 Å². The van der Waals surface area contributed by atoms with Crippen molar-refractivity contribution in [1.29, 1.82) is 0 Å². The van der Waals surface area contributed by atoms with Crippen LogP contribution >= 0.6 is 12.6 Å². The van der Waals surface area contributed by atoms with Crippen LogP contribution in [0.3, 0.4) is 0 Å². The molecule has 1 aliphatic rings. The summed E-state index contributed by atoms with van der Waals surface area (Å²) in [7, 11) is 2.98. The topological polar surface area (TPSA) is 64.5 Å². The number of hydrogen-bond donors (Lipinski definition) is 1. The Kier molecular flexibility index (Phi) is 3.90. The minimum Gasteiger partial charge on any atom is -0.481 e. The summed E-state index contributed by atoms with van der Waals surface area (Å²) in [4.78, 5) is 21.7. The molecule has 1 amide bonds. The Hall–Kier alpha value is -1.50. The van der Waals surface area contributed by atoms with Gasteiger partial charge in [0.25, 0.3) is 0 Å². The fraction of sp³-hybridized carbons (Fsp3) is 0.545. The zero-order valence-electron chi connectivity index (χ0n) is 10.3. The summed E-state index contributed by atoms with van der Waals surface area (Å²) < 4.78 is 10.1. The maximum atomic E-state index is 11.9. The predicted octanol–water partition coefficient (Wildman–Crippen LogP) is 0.776. The van der Waals surface area contributed by atoms with E-state index < -0.39 is 0 Å². The molecule has 18 heavy (non-hydrogen) atoms. The van der Waals surface area contributed by atoms with E-state index in [-0.39, 0.29) is 17.8 Å². The van der Waals surface area contributed by atoms with Gasteiger partial charge in [0, 0.05) is 19.0 Å². The molecule has 0 radical (unpaired) electrons. The Morgan fingerprint density at radius 3 is 2.78 bits per heavy atom. The zero-order chi connectivity index (χ0) is 13.1. The first-order valence-corrected chi connectivity index (χ1v) is 6.19. The molecule has 98 valence electrons. The number of ether oxygens (including phenoxy) is 2. The second kappa shape index (κ2) is 5.43. The van der Waals surface area contributed by atoms with Gasteiger partial charge >= 0.3 is 6.01 Å². The summed E-state index contributed by atoms with van der Waals surface area (Å²) in [6, 6.07) is 1.81. The van der Waals surface area contributed by atoms with Crippen LogP contribution < -0.4 is 14.4 Å². The summed E-state index contributed by atoms with van der Waals surface area (Å²) in [5.74, 6) is 1.86. The minimum absolute atomic E-state index is 0.0388. The molecule has 0 N–H and O–H groups in total. The molecule has 6 nitrogen and oxygen atoms in total. The van der Waals surface area contributed by atoms with E-state index in [0.29, 0.717) is 30.4 Å². The van der Waals surface area contributed by atoms with Crippen molar-refractivity contribution in [3.8, 4) is 11.9 Å². The lowest BCUT2D eigenvalue weighted by Gasteiger charge is -2.16. The Labute approximate surface area is 111 Å². The number of carbonyl (C=O) groups excluding carboxylic acids is 1. The van der Waals surface area contributed by atoms with Gasteiger partial charge in [0.05, 0.1) is 14.2 Å². The molecule has 1 aromatic heterocycles. The number of anilines is 1. The van der Waals surface area contributed by atoms with Gasteiger partial charge in [-0.1, -0.05) is 0 Å². The number of rotatable bonds is 4. The fourth-order valence-electron chi connectivity index (χ4n) is 1.85. The number of aromatic nitrogens is 2. The van der Waals surface area contributed by atoms with Gasteiger partial charge in [-0.2, -0.15) is 22.6 Å². The van der Waals surface area contributed by atoms with Gasteiger partial charge in [0.1, 0.15) is 5.82 Å². The van der Waals surface area contributed by atoms with E-state index in [2.05, 4.69) is 22.6 Å². The fourth-order valence-corrected chi connectivity index (χ4v) is 2.10. The van der Waals surface area contributed by atoms with Crippen LogP contribution in [0.5, 0.6) is 11.9 Å². The molecule has 2 rings (SSSR count). The van der Waals surface area contributed by atoms with Gasteiger partial charge in [-0.3, -0.25) is 9.69 Å². The first kappa shape index (κ1) is 12.9. The highest BCUT2D eigenvalue weighted by Crippen LogP contribution is 2.27. The first-order valence-electron chi connectivity index (χ1n) is 5.56. The summed E-state index contributed by atoms with van der Waals surface area (Å²) in [5.41, 5.74) is 0. The number of amides is 1. The van der Waals surface area contributed by atoms with Gasteiger partial charge < -0.3 is 9.47 Å². The Morgan fingerprint density at radius 2 is 2.22 bits per heavy atom. The lowest BCUT2D eigenvalue weighted by molar-refractivity contribution is -0.117. The van der Waals surface area contributed by atoms with Crippen LogP contribution in [0.1, 0.15) is 6.42 Å². The summed E-state index contributed by atoms with van der Waals surface area (Å²) in [5, 5.41) is 0. The van der Waals surface area contributed by atoms with E-state index in [0.717, 1.165) is 0 Å². The van der Waals surface area contributed by atoms with Gasteiger partial charge in [0.15, 0.2) is 0 Å². The molecule has 1 aliphatic heterocycles. The molecule has 0 spiro atoms. The molecule has 1 fully saturated rings. The maximum Gasteiger partial charge on any atom is 0.321 e. The highest BCUT2D eigenvalue weighted by molar-refractivity contribution is 7.80. The molecule has 1 saturated heterocycles. The molecule has 0 aromatic carbocycles. The Bertz CT molecular complexity index is 433. The third-order valence-electron chi connectivity index (χ3n) is 2.80. The number of methoxy groups -OCH3 is 2. The number of nitrogens with zero attached hydrogens (tertiary/aromatic N) is 3. The molecule has 0 bridgehead atoms. The van der Waals surface area contributed by atoms with Crippen molar-refractivity contribution in [2.24, 2.45) is 5.92 Å². The molecular weight excluding hydrogens is 254 g/mol. The van der Waals surface area contributed by atoms with E-state index in [1.54, 1.807) is 11.0 Å². The molecule has 7 heteroatoms. The van der Waals surface area contributed by atoms with Crippen LogP contribution in [0.2, 0.25) is 0 Å². The van der Waals surface area contributed by atoms with Crippen LogP contribution in [0, 0.1) is 5.92 Å².